The first-order chi connectivity index (χ1) is 13.7. The number of thiophene rings is 1. The molecule has 3 nitrogen and oxygen atoms in total. The molecule has 0 radical (unpaired) electrons. The van der Waals surface area contributed by atoms with E-state index in [1.165, 1.54) is 0 Å². The van der Waals surface area contributed by atoms with Gasteiger partial charge in [-0.05, 0) is 56.6 Å². The van der Waals surface area contributed by atoms with Gasteiger partial charge in [0.25, 0.3) is 5.91 Å². The van der Waals surface area contributed by atoms with Crippen molar-refractivity contribution in [3.63, 3.8) is 0 Å². The van der Waals surface area contributed by atoms with Gasteiger partial charge in [0.05, 0.1) is 0 Å². The number of benzene rings is 3. The topological polar surface area (TPSA) is 46.2 Å². The standard InChI is InChI=1S/C24H17NO2S/c26-23(19-8-9-28-14-19)11-15-4-5-17-12-18(7-6-16(17)10-15)20-2-1-3-21-22(20)13-25-24(21)27/h1-10,12,14H,11,13H2,(H,25,27). The molecule has 1 amide bonds. The van der Waals surface area contributed by atoms with Crippen LogP contribution in [0.15, 0.2) is 71.4 Å². The minimum Gasteiger partial charge on any atom is -0.348 e. The third kappa shape index (κ3) is 2.92. The Hall–Kier alpha value is -3.24. The summed E-state index contributed by atoms with van der Waals surface area (Å²) in [4.78, 5) is 24.3. The van der Waals surface area contributed by atoms with Gasteiger partial charge in [0.15, 0.2) is 5.78 Å². The van der Waals surface area contributed by atoms with Crippen LogP contribution < -0.4 is 5.32 Å². The van der Waals surface area contributed by atoms with Gasteiger partial charge in [-0.25, -0.2) is 0 Å². The number of hydrogen-bond donors (Lipinski definition) is 1. The molecule has 5 rings (SSSR count). The van der Waals surface area contributed by atoms with Gasteiger partial charge in [0, 0.05) is 29.5 Å². The lowest BCUT2D eigenvalue weighted by Crippen LogP contribution is -2.12. The lowest BCUT2D eigenvalue weighted by molar-refractivity contribution is 0.0963. The van der Waals surface area contributed by atoms with E-state index in [1.807, 2.05) is 35.0 Å². The average molecular weight is 383 g/mol. The SMILES string of the molecule is O=C(Cc1ccc2cc(-c3cccc4c3CNC4=O)ccc2c1)c1ccsc1. The Morgan fingerprint density at radius 1 is 0.964 bits per heavy atom. The average Bonchev–Trinajstić information content (AvgIpc) is 3.38. The van der Waals surface area contributed by atoms with Crippen molar-refractivity contribution in [2.24, 2.45) is 0 Å². The zero-order valence-electron chi connectivity index (χ0n) is 15.1. The lowest BCUT2D eigenvalue weighted by atomic mass is 9.94. The number of amides is 1. The Morgan fingerprint density at radius 3 is 2.64 bits per heavy atom. The molecule has 1 N–H and O–H groups in total. The molecular formula is C24H17NO2S. The predicted octanol–water partition coefficient (Wildman–Crippen LogP) is 5.24. The summed E-state index contributed by atoms with van der Waals surface area (Å²) in [6.45, 7) is 0.575. The molecule has 0 fully saturated rings. The molecular weight excluding hydrogens is 366 g/mol. The summed E-state index contributed by atoms with van der Waals surface area (Å²) in [6, 6.07) is 20.3. The van der Waals surface area contributed by atoms with Crippen LogP contribution >= 0.6 is 11.3 Å². The maximum atomic E-state index is 12.4. The minimum absolute atomic E-state index is 0.00225. The summed E-state index contributed by atoms with van der Waals surface area (Å²) >= 11 is 1.54. The Bertz CT molecular complexity index is 1220. The molecule has 0 bridgehead atoms. The second-order valence-electron chi connectivity index (χ2n) is 7.02. The highest BCUT2D eigenvalue weighted by Gasteiger charge is 2.21. The molecule has 0 spiro atoms. The monoisotopic (exact) mass is 383 g/mol. The van der Waals surface area contributed by atoms with Crippen molar-refractivity contribution in [2.75, 3.05) is 0 Å². The first kappa shape index (κ1) is 16.9. The summed E-state index contributed by atoms with van der Waals surface area (Å²) in [5.41, 5.74) is 5.82. The van der Waals surface area contributed by atoms with E-state index in [2.05, 4.69) is 41.7 Å². The smallest absolute Gasteiger partial charge is 0.251 e. The number of rotatable bonds is 4. The molecule has 4 heteroatoms. The van der Waals surface area contributed by atoms with Crippen LogP contribution in [-0.4, -0.2) is 11.7 Å². The summed E-state index contributed by atoms with van der Waals surface area (Å²) in [6.07, 6.45) is 0.411. The third-order valence-electron chi connectivity index (χ3n) is 5.27. The van der Waals surface area contributed by atoms with Gasteiger partial charge >= 0.3 is 0 Å². The molecule has 136 valence electrons. The second-order valence-corrected chi connectivity index (χ2v) is 7.80. The summed E-state index contributed by atoms with van der Waals surface area (Å²) < 4.78 is 0. The van der Waals surface area contributed by atoms with Crippen LogP contribution in [0.1, 0.15) is 31.8 Å². The Kier molecular flexibility index (Phi) is 4.06. The molecule has 1 aromatic heterocycles. The fraction of sp³-hybridized carbons (Fsp3) is 0.0833. The normalized spacial score (nSPS) is 12.8. The van der Waals surface area contributed by atoms with E-state index in [0.29, 0.717) is 13.0 Å². The van der Waals surface area contributed by atoms with Crippen molar-refractivity contribution in [1.82, 2.24) is 5.32 Å². The molecule has 0 unspecified atom stereocenters. The molecule has 1 aliphatic heterocycles. The number of hydrogen-bond acceptors (Lipinski definition) is 3. The van der Waals surface area contributed by atoms with Crippen molar-refractivity contribution >= 4 is 33.8 Å². The minimum atomic E-state index is -0.00225. The molecule has 3 aromatic carbocycles. The molecule has 0 aliphatic carbocycles. The molecule has 0 saturated heterocycles. The predicted molar refractivity (Wildman–Crippen MR) is 113 cm³/mol. The van der Waals surface area contributed by atoms with Gasteiger partial charge in [0.2, 0.25) is 0 Å². The number of fused-ring (bicyclic) bond motifs is 2. The number of Topliss-reactive ketones (excluding diaryl/α,β-unsaturated/α-hetero) is 1. The highest BCUT2D eigenvalue weighted by molar-refractivity contribution is 7.08. The van der Waals surface area contributed by atoms with Crippen molar-refractivity contribution < 1.29 is 9.59 Å². The van der Waals surface area contributed by atoms with E-state index in [9.17, 15) is 9.59 Å². The van der Waals surface area contributed by atoms with Gasteiger partial charge < -0.3 is 5.32 Å². The van der Waals surface area contributed by atoms with Crippen LogP contribution in [0.2, 0.25) is 0 Å². The van der Waals surface area contributed by atoms with Gasteiger partial charge in [-0.1, -0.05) is 42.5 Å². The van der Waals surface area contributed by atoms with Gasteiger partial charge in [0.1, 0.15) is 0 Å². The number of carbonyl (C=O) groups excluding carboxylic acids is 2. The van der Waals surface area contributed by atoms with E-state index in [1.54, 1.807) is 11.3 Å². The molecule has 4 aromatic rings. The van der Waals surface area contributed by atoms with Crippen LogP contribution in [0.3, 0.4) is 0 Å². The van der Waals surface area contributed by atoms with E-state index < -0.39 is 0 Å². The van der Waals surface area contributed by atoms with Crippen molar-refractivity contribution in [2.45, 2.75) is 13.0 Å². The van der Waals surface area contributed by atoms with E-state index in [-0.39, 0.29) is 11.7 Å². The van der Waals surface area contributed by atoms with Crippen molar-refractivity contribution in [3.05, 3.63) is 93.7 Å². The Balaban J connectivity index is 1.48. The quantitative estimate of drug-likeness (QED) is 0.490. The third-order valence-corrected chi connectivity index (χ3v) is 5.95. The number of carbonyl (C=O) groups is 2. The van der Waals surface area contributed by atoms with Gasteiger partial charge in [-0.15, -0.1) is 0 Å². The highest BCUT2D eigenvalue weighted by atomic mass is 32.1. The maximum Gasteiger partial charge on any atom is 0.251 e. The second kappa shape index (κ2) is 6.73. The molecule has 0 saturated carbocycles. The van der Waals surface area contributed by atoms with E-state index in [4.69, 9.17) is 0 Å². The fourth-order valence-corrected chi connectivity index (χ4v) is 4.47. The number of nitrogens with one attached hydrogen (secondary N) is 1. The van der Waals surface area contributed by atoms with Crippen molar-refractivity contribution in [3.8, 4) is 11.1 Å². The summed E-state index contributed by atoms with van der Waals surface area (Å²) in [7, 11) is 0. The van der Waals surface area contributed by atoms with E-state index in [0.717, 1.165) is 44.2 Å². The van der Waals surface area contributed by atoms with Gasteiger partial charge in [-0.2, -0.15) is 11.3 Å². The highest BCUT2D eigenvalue weighted by Crippen LogP contribution is 2.31. The van der Waals surface area contributed by atoms with Crippen molar-refractivity contribution in [1.29, 1.82) is 0 Å². The maximum absolute atomic E-state index is 12.4. The first-order valence-corrected chi connectivity index (χ1v) is 10.1. The van der Waals surface area contributed by atoms with Crippen LogP contribution in [0, 0.1) is 0 Å². The zero-order valence-corrected chi connectivity index (χ0v) is 15.9. The number of ketones is 1. The summed E-state index contributed by atoms with van der Waals surface area (Å²) in [5.74, 6) is 0.145. The fourth-order valence-electron chi connectivity index (χ4n) is 3.81. The van der Waals surface area contributed by atoms with Gasteiger partial charge in [-0.3, -0.25) is 9.59 Å². The first-order valence-electron chi connectivity index (χ1n) is 9.17. The molecule has 28 heavy (non-hydrogen) atoms. The molecule has 1 aliphatic rings. The van der Waals surface area contributed by atoms with Crippen LogP contribution in [-0.2, 0) is 13.0 Å². The lowest BCUT2D eigenvalue weighted by Gasteiger charge is -2.09. The summed E-state index contributed by atoms with van der Waals surface area (Å²) in [5, 5.41) is 8.96. The molecule has 0 atom stereocenters. The largest absolute Gasteiger partial charge is 0.348 e. The Morgan fingerprint density at radius 2 is 1.79 bits per heavy atom. The van der Waals surface area contributed by atoms with Crippen LogP contribution in [0.4, 0.5) is 0 Å². The van der Waals surface area contributed by atoms with E-state index >= 15 is 0 Å². The zero-order chi connectivity index (χ0) is 19.1. The molecule has 2 heterocycles. The Labute approximate surface area is 166 Å². The van der Waals surface area contributed by atoms with Crippen LogP contribution in [0.25, 0.3) is 21.9 Å². The van der Waals surface area contributed by atoms with Crippen LogP contribution in [0.5, 0.6) is 0 Å².